The van der Waals surface area contributed by atoms with E-state index < -0.39 is 0 Å². The third-order valence-corrected chi connectivity index (χ3v) is 2.84. The number of unbranched alkanes of at least 4 members (excludes halogenated alkanes) is 1. The van der Waals surface area contributed by atoms with E-state index in [1.54, 1.807) is 12.3 Å². The third kappa shape index (κ3) is 5.23. The average molecular weight is 251 g/mol. The summed E-state index contributed by atoms with van der Waals surface area (Å²) in [6, 6.07) is 1.72. The van der Waals surface area contributed by atoms with Gasteiger partial charge in [-0.3, -0.25) is 0 Å². The van der Waals surface area contributed by atoms with Crippen molar-refractivity contribution in [3.63, 3.8) is 0 Å². The van der Waals surface area contributed by atoms with E-state index in [0.29, 0.717) is 11.4 Å². The molecule has 102 valence electrons. The first-order valence-electron chi connectivity index (χ1n) is 6.57. The Labute approximate surface area is 110 Å². The van der Waals surface area contributed by atoms with Gasteiger partial charge in [-0.15, -0.1) is 0 Å². The Hall–Kier alpha value is -1.49. The topological polar surface area (TPSA) is 80.2 Å². The molecular formula is C13H25N5. The van der Waals surface area contributed by atoms with Crippen LogP contribution < -0.4 is 16.8 Å². The molecule has 5 N–H and O–H groups in total. The SMILES string of the molecule is CCCCN(C)CCCNc1ncc(N)cc1N. The first-order chi connectivity index (χ1) is 8.63. The monoisotopic (exact) mass is 251 g/mol. The number of nitrogen functional groups attached to an aromatic ring is 2. The molecule has 18 heavy (non-hydrogen) atoms. The highest BCUT2D eigenvalue weighted by Crippen LogP contribution is 2.16. The second kappa shape index (κ2) is 7.76. The van der Waals surface area contributed by atoms with E-state index in [1.165, 1.54) is 19.4 Å². The summed E-state index contributed by atoms with van der Waals surface area (Å²) in [4.78, 5) is 6.52. The van der Waals surface area contributed by atoms with Crippen molar-refractivity contribution in [3.05, 3.63) is 12.3 Å². The summed E-state index contributed by atoms with van der Waals surface area (Å²) >= 11 is 0. The van der Waals surface area contributed by atoms with Crippen LogP contribution in [0.2, 0.25) is 0 Å². The fourth-order valence-electron chi connectivity index (χ4n) is 1.74. The molecule has 1 aromatic heterocycles. The number of anilines is 3. The maximum absolute atomic E-state index is 5.81. The van der Waals surface area contributed by atoms with Gasteiger partial charge in [-0.25, -0.2) is 4.98 Å². The maximum atomic E-state index is 5.81. The maximum Gasteiger partial charge on any atom is 0.149 e. The van der Waals surface area contributed by atoms with E-state index >= 15 is 0 Å². The Morgan fingerprint density at radius 1 is 1.28 bits per heavy atom. The van der Waals surface area contributed by atoms with Gasteiger partial charge < -0.3 is 21.7 Å². The largest absolute Gasteiger partial charge is 0.397 e. The first kappa shape index (κ1) is 14.6. The second-order valence-electron chi connectivity index (χ2n) is 4.64. The van der Waals surface area contributed by atoms with Gasteiger partial charge in [0, 0.05) is 6.54 Å². The standard InChI is InChI=1S/C13H25N5/c1-3-4-7-18(2)8-5-6-16-13-12(15)9-11(14)10-17-13/h9-10H,3-8,14-15H2,1-2H3,(H,16,17). The van der Waals surface area contributed by atoms with Crippen molar-refractivity contribution >= 4 is 17.2 Å². The summed E-state index contributed by atoms with van der Waals surface area (Å²) in [5.41, 5.74) is 12.6. The molecule has 0 saturated carbocycles. The van der Waals surface area contributed by atoms with Gasteiger partial charge in [0.1, 0.15) is 5.82 Å². The zero-order valence-electron chi connectivity index (χ0n) is 11.4. The van der Waals surface area contributed by atoms with Crippen LogP contribution >= 0.6 is 0 Å². The Morgan fingerprint density at radius 2 is 2.00 bits per heavy atom. The third-order valence-electron chi connectivity index (χ3n) is 2.84. The fraction of sp³-hybridized carbons (Fsp3) is 0.615. The van der Waals surface area contributed by atoms with E-state index in [0.717, 1.165) is 25.3 Å². The number of nitrogens with zero attached hydrogens (tertiary/aromatic N) is 2. The molecule has 5 heteroatoms. The minimum Gasteiger partial charge on any atom is -0.397 e. The molecule has 0 saturated heterocycles. The number of hydrogen-bond donors (Lipinski definition) is 3. The molecule has 0 bridgehead atoms. The van der Waals surface area contributed by atoms with Gasteiger partial charge in [0.15, 0.2) is 0 Å². The zero-order chi connectivity index (χ0) is 13.4. The number of rotatable bonds is 8. The lowest BCUT2D eigenvalue weighted by atomic mass is 10.3. The normalized spacial score (nSPS) is 10.8. The molecule has 1 aromatic rings. The van der Waals surface area contributed by atoms with Gasteiger partial charge in [-0.2, -0.15) is 0 Å². The van der Waals surface area contributed by atoms with Crippen LogP contribution in [0, 0.1) is 0 Å². The molecule has 0 aliphatic rings. The molecule has 1 heterocycles. The molecule has 0 radical (unpaired) electrons. The van der Waals surface area contributed by atoms with Gasteiger partial charge in [0.25, 0.3) is 0 Å². The average Bonchev–Trinajstić information content (AvgIpc) is 2.34. The summed E-state index contributed by atoms with van der Waals surface area (Å²) in [6.07, 6.45) is 5.20. The smallest absolute Gasteiger partial charge is 0.149 e. The van der Waals surface area contributed by atoms with Gasteiger partial charge in [-0.05, 0) is 39.0 Å². The van der Waals surface area contributed by atoms with Crippen molar-refractivity contribution in [2.45, 2.75) is 26.2 Å². The van der Waals surface area contributed by atoms with E-state index in [9.17, 15) is 0 Å². The Morgan fingerprint density at radius 3 is 2.67 bits per heavy atom. The summed E-state index contributed by atoms with van der Waals surface area (Å²) < 4.78 is 0. The second-order valence-corrected chi connectivity index (χ2v) is 4.64. The fourth-order valence-corrected chi connectivity index (χ4v) is 1.74. The van der Waals surface area contributed by atoms with Gasteiger partial charge in [0.05, 0.1) is 17.6 Å². The summed E-state index contributed by atoms with van der Waals surface area (Å²) in [6.45, 7) is 5.34. The van der Waals surface area contributed by atoms with Crippen molar-refractivity contribution in [3.8, 4) is 0 Å². The van der Waals surface area contributed by atoms with Crippen LogP contribution in [0.5, 0.6) is 0 Å². The van der Waals surface area contributed by atoms with Crippen LogP contribution in [0.1, 0.15) is 26.2 Å². The molecule has 0 amide bonds. The van der Waals surface area contributed by atoms with Crippen LogP contribution in [0.4, 0.5) is 17.2 Å². The molecule has 0 aromatic carbocycles. The number of aromatic nitrogens is 1. The molecule has 0 fully saturated rings. The lowest BCUT2D eigenvalue weighted by Crippen LogP contribution is -2.22. The van der Waals surface area contributed by atoms with Gasteiger partial charge in [-0.1, -0.05) is 13.3 Å². The van der Waals surface area contributed by atoms with Crippen molar-refractivity contribution in [1.82, 2.24) is 9.88 Å². The summed E-state index contributed by atoms with van der Waals surface area (Å²) in [7, 11) is 2.16. The highest BCUT2D eigenvalue weighted by Gasteiger charge is 2.01. The predicted molar refractivity (Wildman–Crippen MR) is 78.6 cm³/mol. The zero-order valence-corrected chi connectivity index (χ0v) is 11.4. The molecule has 0 atom stereocenters. The van der Waals surface area contributed by atoms with Crippen LogP contribution in [0.15, 0.2) is 12.3 Å². The van der Waals surface area contributed by atoms with Crippen LogP contribution in [0.25, 0.3) is 0 Å². The van der Waals surface area contributed by atoms with Gasteiger partial charge in [0.2, 0.25) is 0 Å². The molecule has 0 spiro atoms. The van der Waals surface area contributed by atoms with Crippen LogP contribution in [-0.2, 0) is 0 Å². The Kier molecular flexibility index (Phi) is 6.28. The van der Waals surface area contributed by atoms with Crippen molar-refractivity contribution in [1.29, 1.82) is 0 Å². The first-order valence-corrected chi connectivity index (χ1v) is 6.57. The van der Waals surface area contributed by atoms with Crippen LogP contribution in [0.3, 0.4) is 0 Å². The van der Waals surface area contributed by atoms with E-state index in [4.69, 9.17) is 11.5 Å². The summed E-state index contributed by atoms with van der Waals surface area (Å²) in [5, 5.41) is 3.23. The van der Waals surface area contributed by atoms with E-state index in [-0.39, 0.29) is 0 Å². The van der Waals surface area contributed by atoms with Crippen molar-refractivity contribution in [2.24, 2.45) is 0 Å². The molecular weight excluding hydrogens is 226 g/mol. The molecule has 0 unspecified atom stereocenters. The van der Waals surface area contributed by atoms with E-state index in [1.807, 2.05) is 0 Å². The van der Waals surface area contributed by atoms with Crippen LogP contribution in [-0.4, -0.2) is 36.6 Å². The number of pyridine rings is 1. The highest BCUT2D eigenvalue weighted by molar-refractivity contribution is 5.65. The quantitative estimate of drug-likeness (QED) is 0.614. The minimum atomic E-state index is 0.595. The molecule has 5 nitrogen and oxygen atoms in total. The van der Waals surface area contributed by atoms with Crippen molar-refractivity contribution < 1.29 is 0 Å². The highest BCUT2D eigenvalue weighted by atomic mass is 15.1. The van der Waals surface area contributed by atoms with E-state index in [2.05, 4.69) is 29.2 Å². The summed E-state index contributed by atoms with van der Waals surface area (Å²) in [5.74, 6) is 0.723. The number of nitrogens with two attached hydrogens (primary N) is 2. The minimum absolute atomic E-state index is 0.595. The Bertz CT molecular complexity index is 353. The lowest BCUT2D eigenvalue weighted by Gasteiger charge is -2.16. The Balaban J connectivity index is 2.21. The number of nitrogens with one attached hydrogen (secondary N) is 1. The van der Waals surface area contributed by atoms with Crippen molar-refractivity contribution in [2.75, 3.05) is 43.5 Å². The molecule has 0 aliphatic carbocycles. The number of hydrogen-bond acceptors (Lipinski definition) is 5. The van der Waals surface area contributed by atoms with Gasteiger partial charge >= 0.3 is 0 Å². The molecule has 1 rings (SSSR count). The predicted octanol–water partition coefficient (Wildman–Crippen LogP) is 1.78. The molecule has 0 aliphatic heterocycles. The lowest BCUT2D eigenvalue weighted by molar-refractivity contribution is 0.327.